The molecule has 2 heterocycles. The average Bonchev–Trinajstić information content (AvgIpc) is 3.04. The quantitative estimate of drug-likeness (QED) is 0.878. The van der Waals surface area contributed by atoms with E-state index >= 15 is 0 Å². The van der Waals surface area contributed by atoms with Gasteiger partial charge in [0.2, 0.25) is 0 Å². The topological polar surface area (TPSA) is 68.8 Å². The summed E-state index contributed by atoms with van der Waals surface area (Å²) in [6.07, 6.45) is 2.06. The zero-order valence-corrected chi connectivity index (χ0v) is 11.8. The SMILES string of the molecule is O=C(NC[C@H]1CCCO1)NC[C@@H]1COc2ccccc2O1. The highest BCUT2D eigenvalue weighted by Gasteiger charge is 2.21. The van der Waals surface area contributed by atoms with Gasteiger partial charge in [-0.3, -0.25) is 0 Å². The van der Waals surface area contributed by atoms with Crippen LogP contribution < -0.4 is 20.1 Å². The molecular formula is C15H20N2O4. The number of hydrogen-bond acceptors (Lipinski definition) is 4. The fraction of sp³-hybridized carbons (Fsp3) is 0.533. The second-order valence-electron chi connectivity index (χ2n) is 5.22. The number of carbonyl (C=O) groups excluding carboxylic acids is 1. The van der Waals surface area contributed by atoms with Crippen molar-refractivity contribution in [2.45, 2.75) is 25.0 Å². The molecular weight excluding hydrogens is 272 g/mol. The predicted octanol–water partition coefficient (Wildman–Crippen LogP) is 1.30. The van der Waals surface area contributed by atoms with E-state index in [0.29, 0.717) is 19.7 Å². The number of ether oxygens (including phenoxy) is 3. The second kappa shape index (κ2) is 6.67. The van der Waals surface area contributed by atoms with Crippen molar-refractivity contribution in [1.82, 2.24) is 10.6 Å². The molecule has 1 fully saturated rings. The number of hydrogen-bond donors (Lipinski definition) is 2. The largest absolute Gasteiger partial charge is 0.486 e. The van der Waals surface area contributed by atoms with E-state index in [4.69, 9.17) is 14.2 Å². The molecule has 2 atom stereocenters. The third-order valence-electron chi connectivity index (χ3n) is 3.57. The van der Waals surface area contributed by atoms with Crippen molar-refractivity contribution in [3.8, 4) is 11.5 Å². The minimum Gasteiger partial charge on any atom is -0.486 e. The molecule has 0 radical (unpaired) electrons. The normalized spacial score (nSPS) is 23.6. The van der Waals surface area contributed by atoms with Crippen molar-refractivity contribution in [1.29, 1.82) is 0 Å². The van der Waals surface area contributed by atoms with Gasteiger partial charge in [0.05, 0.1) is 12.6 Å². The molecule has 1 aromatic carbocycles. The lowest BCUT2D eigenvalue weighted by atomic mass is 10.2. The van der Waals surface area contributed by atoms with Gasteiger partial charge in [0.15, 0.2) is 17.6 Å². The Morgan fingerprint density at radius 3 is 2.67 bits per heavy atom. The van der Waals surface area contributed by atoms with Crippen LogP contribution in [0.2, 0.25) is 0 Å². The number of amides is 2. The van der Waals surface area contributed by atoms with Gasteiger partial charge in [-0.05, 0) is 25.0 Å². The molecule has 1 aromatic rings. The van der Waals surface area contributed by atoms with Crippen LogP contribution in [-0.2, 0) is 4.74 Å². The van der Waals surface area contributed by atoms with Crippen molar-refractivity contribution in [3.05, 3.63) is 24.3 Å². The highest BCUT2D eigenvalue weighted by Crippen LogP contribution is 2.30. The van der Waals surface area contributed by atoms with Gasteiger partial charge in [0.1, 0.15) is 6.61 Å². The predicted molar refractivity (Wildman–Crippen MR) is 76.7 cm³/mol. The van der Waals surface area contributed by atoms with Crippen LogP contribution in [0, 0.1) is 0 Å². The lowest BCUT2D eigenvalue weighted by molar-refractivity contribution is 0.0909. The van der Waals surface area contributed by atoms with E-state index in [1.54, 1.807) is 0 Å². The molecule has 2 aliphatic rings. The maximum absolute atomic E-state index is 11.7. The van der Waals surface area contributed by atoms with Crippen LogP contribution >= 0.6 is 0 Å². The minimum atomic E-state index is -0.201. The summed E-state index contributed by atoms with van der Waals surface area (Å²) in [5.74, 6) is 1.46. The van der Waals surface area contributed by atoms with Crippen molar-refractivity contribution < 1.29 is 19.0 Å². The molecule has 2 amide bonds. The number of carbonyl (C=O) groups is 1. The molecule has 0 saturated carbocycles. The lowest BCUT2D eigenvalue weighted by Gasteiger charge is -2.26. The summed E-state index contributed by atoms with van der Waals surface area (Å²) in [5.41, 5.74) is 0. The number of fused-ring (bicyclic) bond motifs is 1. The van der Waals surface area contributed by atoms with E-state index in [2.05, 4.69) is 10.6 Å². The monoisotopic (exact) mass is 292 g/mol. The molecule has 114 valence electrons. The Kier molecular flexibility index (Phi) is 4.45. The van der Waals surface area contributed by atoms with Crippen molar-refractivity contribution >= 4 is 6.03 Å². The molecule has 1 saturated heterocycles. The first-order valence-electron chi connectivity index (χ1n) is 7.33. The number of para-hydroxylation sites is 2. The molecule has 0 spiro atoms. The summed E-state index contributed by atoms with van der Waals surface area (Å²) >= 11 is 0. The molecule has 0 aliphatic carbocycles. The maximum atomic E-state index is 11.7. The Labute approximate surface area is 123 Å². The van der Waals surface area contributed by atoms with Crippen LogP contribution in [0.25, 0.3) is 0 Å². The van der Waals surface area contributed by atoms with E-state index < -0.39 is 0 Å². The van der Waals surface area contributed by atoms with Gasteiger partial charge < -0.3 is 24.8 Å². The molecule has 2 N–H and O–H groups in total. The van der Waals surface area contributed by atoms with E-state index in [-0.39, 0.29) is 18.2 Å². The summed E-state index contributed by atoms with van der Waals surface area (Å²) in [5, 5.41) is 5.61. The van der Waals surface area contributed by atoms with Gasteiger partial charge in [-0.25, -0.2) is 4.79 Å². The number of benzene rings is 1. The summed E-state index contributed by atoms with van der Waals surface area (Å²) in [7, 11) is 0. The van der Waals surface area contributed by atoms with Crippen molar-refractivity contribution in [3.63, 3.8) is 0 Å². The maximum Gasteiger partial charge on any atom is 0.315 e. The summed E-state index contributed by atoms with van der Waals surface area (Å²) in [4.78, 5) is 11.7. The van der Waals surface area contributed by atoms with Crippen molar-refractivity contribution in [2.75, 3.05) is 26.3 Å². The molecule has 3 rings (SSSR count). The second-order valence-corrected chi connectivity index (χ2v) is 5.22. The number of urea groups is 1. The molecule has 6 heteroatoms. The summed E-state index contributed by atoms with van der Waals surface area (Å²) in [6.45, 7) is 2.19. The van der Waals surface area contributed by atoms with Crippen LogP contribution in [0.4, 0.5) is 4.79 Å². The Hall–Kier alpha value is -1.95. The van der Waals surface area contributed by atoms with Gasteiger partial charge in [-0.1, -0.05) is 12.1 Å². The Morgan fingerprint density at radius 1 is 1.14 bits per heavy atom. The van der Waals surface area contributed by atoms with Crippen LogP contribution in [-0.4, -0.2) is 44.5 Å². The average molecular weight is 292 g/mol. The molecule has 2 aliphatic heterocycles. The third kappa shape index (κ3) is 3.78. The van der Waals surface area contributed by atoms with Crippen LogP contribution in [0.1, 0.15) is 12.8 Å². The lowest BCUT2D eigenvalue weighted by Crippen LogP contribution is -2.45. The Balaban J connectivity index is 1.38. The summed E-state index contributed by atoms with van der Waals surface area (Å²) < 4.78 is 16.8. The van der Waals surface area contributed by atoms with Crippen LogP contribution in [0.5, 0.6) is 11.5 Å². The zero-order chi connectivity index (χ0) is 14.5. The van der Waals surface area contributed by atoms with Crippen LogP contribution in [0.15, 0.2) is 24.3 Å². The number of nitrogens with one attached hydrogen (secondary N) is 2. The van der Waals surface area contributed by atoms with Gasteiger partial charge in [-0.15, -0.1) is 0 Å². The first-order chi connectivity index (χ1) is 10.3. The van der Waals surface area contributed by atoms with Crippen molar-refractivity contribution in [2.24, 2.45) is 0 Å². The fourth-order valence-corrected chi connectivity index (χ4v) is 2.44. The minimum absolute atomic E-state index is 0.150. The van der Waals surface area contributed by atoms with Gasteiger partial charge in [-0.2, -0.15) is 0 Å². The van der Waals surface area contributed by atoms with Gasteiger partial charge >= 0.3 is 6.03 Å². The van der Waals surface area contributed by atoms with Crippen LogP contribution in [0.3, 0.4) is 0 Å². The van der Waals surface area contributed by atoms with E-state index in [1.807, 2.05) is 24.3 Å². The van der Waals surface area contributed by atoms with E-state index in [0.717, 1.165) is 30.9 Å². The first-order valence-corrected chi connectivity index (χ1v) is 7.33. The van der Waals surface area contributed by atoms with Gasteiger partial charge in [0.25, 0.3) is 0 Å². The third-order valence-corrected chi connectivity index (χ3v) is 3.57. The smallest absolute Gasteiger partial charge is 0.315 e. The zero-order valence-electron chi connectivity index (χ0n) is 11.8. The molecule has 6 nitrogen and oxygen atoms in total. The first kappa shape index (κ1) is 14.0. The molecule has 0 unspecified atom stereocenters. The molecule has 21 heavy (non-hydrogen) atoms. The van der Waals surface area contributed by atoms with Gasteiger partial charge in [0, 0.05) is 13.2 Å². The highest BCUT2D eigenvalue weighted by molar-refractivity contribution is 5.73. The summed E-state index contributed by atoms with van der Waals surface area (Å²) in [6, 6.07) is 7.32. The standard InChI is InChI=1S/C15H20N2O4/c18-15(16-8-11-4-3-7-19-11)17-9-12-10-20-13-5-1-2-6-14(13)21-12/h1-2,5-6,11-12H,3-4,7-10H2,(H2,16,17,18)/t11-,12-/m1/s1. The van der Waals surface area contributed by atoms with E-state index in [1.165, 1.54) is 0 Å². The Bertz CT molecular complexity index is 488. The molecule has 0 aromatic heterocycles. The molecule has 0 bridgehead atoms. The van der Waals surface area contributed by atoms with E-state index in [9.17, 15) is 4.79 Å². The number of rotatable bonds is 4. The Morgan fingerprint density at radius 2 is 1.90 bits per heavy atom. The highest BCUT2D eigenvalue weighted by atomic mass is 16.6. The fourth-order valence-electron chi connectivity index (χ4n) is 2.44.